The normalized spacial score (nSPS) is 22.5. The lowest BCUT2D eigenvalue weighted by atomic mass is 9.95. The Morgan fingerprint density at radius 1 is 1.16 bits per heavy atom. The van der Waals surface area contributed by atoms with E-state index in [1.807, 2.05) is 36.1 Å². The maximum atomic E-state index is 16.9. The van der Waals surface area contributed by atoms with Crippen molar-refractivity contribution in [3.05, 3.63) is 76.4 Å². The highest BCUT2D eigenvalue weighted by Gasteiger charge is 2.49. The van der Waals surface area contributed by atoms with Crippen LogP contribution in [0.1, 0.15) is 36.8 Å². The summed E-state index contributed by atoms with van der Waals surface area (Å²) in [6.45, 7) is 3.87. The Morgan fingerprint density at radius 3 is 2.78 bits per heavy atom. The van der Waals surface area contributed by atoms with Gasteiger partial charge >= 0.3 is 6.01 Å². The summed E-state index contributed by atoms with van der Waals surface area (Å²) in [6, 6.07) is 10.7. The molecular formula is C38H34F3N7O2S. The molecule has 0 bridgehead atoms. The van der Waals surface area contributed by atoms with Crippen molar-refractivity contribution < 1.29 is 22.7 Å². The van der Waals surface area contributed by atoms with Gasteiger partial charge in [-0.1, -0.05) is 36.3 Å². The first-order chi connectivity index (χ1) is 24.7. The highest BCUT2D eigenvalue weighted by atomic mass is 32.1. The largest absolute Gasteiger partial charge is 0.461 e. The minimum atomic E-state index is -0.942. The zero-order valence-electron chi connectivity index (χ0n) is 27.9. The van der Waals surface area contributed by atoms with Gasteiger partial charge in [0.25, 0.3) is 5.91 Å². The van der Waals surface area contributed by atoms with Crippen molar-refractivity contribution in [3.63, 3.8) is 0 Å². The van der Waals surface area contributed by atoms with E-state index in [0.29, 0.717) is 45.7 Å². The molecule has 9 nitrogen and oxygen atoms in total. The van der Waals surface area contributed by atoms with Crippen LogP contribution in [0.3, 0.4) is 0 Å². The summed E-state index contributed by atoms with van der Waals surface area (Å²) in [5.74, 6) is 0.800. The number of nitrogens with zero attached hydrogens (tertiary/aromatic N) is 7. The fourth-order valence-electron chi connectivity index (χ4n) is 7.88. The monoisotopic (exact) mass is 709 g/mol. The van der Waals surface area contributed by atoms with Crippen molar-refractivity contribution in [2.24, 2.45) is 0 Å². The number of ether oxygens (including phenoxy) is 1. The average Bonchev–Trinajstić information content (AvgIpc) is 3.86. The number of hydrogen-bond donors (Lipinski definition) is 0. The Balaban J connectivity index is 1.18. The van der Waals surface area contributed by atoms with Crippen LogP contribution in [0, 0.1) is 18.2 Å². The van der Waals surface area contributed by atoms with E-state index in [9.17, 15) is 13.6 Å². The van der Waals surface area contributed by atoms with E-state index in [1.54, 1.807) is 29.9 Å². The molecule has 51 heavy (non-hydrogen) atoms. The number of piperazine rings is 1. The summed E-state index contributed by atoms with van der Waals surface area (Å²) in [7, 11) is 0. The summed E-state index contributed by atoms with van der Waals surface area (Å²) < 4.78 is 52.7. The van der Waals surface area contributed by atoms with Gasteiger partial charge < -0.3 is 14.5 Å². The van der Waals surface area contributed by atoms with Crippen LogP contribution in [0.15, 0.2) is 60.0 Å². The lowest BCUT2D eigenvalue weighted by molar-refractivity contribution is -0.129. The molecule has 8 rings (SSSR count). The van der Waals surface area contributed by atoms with Crippen molar-refractivity contribution in [1.29, 1.82) is 0 Å². The standard InChI is InChI=1S/C38H34F3N7O2S/c1-3-24-7-4-8-25-9-5-10-27(31(24)25)33-32(41)34-28(19-43-33)35(45-37(44-34)50-22-38-11-6-13-47(38)21-26(39)18-38)48-15-14-46(20-23(48)2)36(49)29(40)17-30-42-12-16-51-30/h1,4-5,7-10,12,16-17,19,23,26H,6,11,13-15,18,20-22H2,2H3/t23-,26+,38-/m0/s1. The van der Waals surface area contributed by atoms with Crippen LogP contribution in [-0.4, -0.2) is 92.7 Å². The van der Waals surface area contributed by atoms with Crippen LogP contribution in [0.25, 0.3) is 39.0 Å². The fraction of sp³-hybridized carbons (Fsp3) is 0.342. The molecule has 3 saturated heterocycles. The van der Waals surface area contributed by atoms with E-state index < -0.39 is 29.3 Å². The van der Waals surface area contributed by atoms with E-state index >= 15 is 4.39 Å². The van der Waals surface area contributed by atoms with Crippen molar-refractivity contribution in [1.82, 2.24) is 29.7 Å². The minimum absolute atomic E-state index is 0.00823. The fourth-order valence-corrected chi connectivity index (χ4v) is 8.44. The second kappa shape index (κ2) is 13.2. The molecule has 0 radical (unpaired) electrons. The second-order valence-electron chi connectivity index (χ2n) is 13.4. The molecule has 0 spiro atoms. The van der Waals surface area contributed by atoms with Crippen LogP contribution in [0.2, 0.25) is 0 Å². The van der Waals surface area contributed by atoms with Crippen LogP contribution in [0.5, 0.6) is 6.01 Å². The van der Waals surface area contributed by atoms with Crippen molar-refractivity contribution in [2.45, 2.75) is 43.9 Å². The number of hydrogen-bond acceptors (Lipinski definition) is 9. The number of alkyl halides is 1. The lowest BCUT2D eigenvalue weighted by Crippen LogP contribution is -2.54. The molecule has 0 saturated carbocycles. The van der Waals surface area contributed by atoms with Gasteiger partial charge in [-0.2, -0.15) is 9.97 Å². The Labute approximate surface area is 296 Å². The molecule has 3 atom stereocenters. The van der Waals surface area contributed by atoms with Crippen LogP contribution >= 0.6 is 11.3 Å². The average molecular weight is 710 g/mol. The summed E-state index contributed by atoms with van der Waals surface area (Å²) >= 11 is 1.24. The molecule has 2 aromatic carbocycles. The van der Waals surface area contributed by atoms with Gasteiger partial charge in [0.15, 0.2) is 11.6 Å². The third-order valence-electron chi connectivity index (χ3n) is 10.3. The van der Waals surface area contributed by atoms with Gasteiger partial charge in [0.05, 0.1) is 10.9 Å². The van der Waals surface area contributed by atoms with E-state index in [-0.39, 0.29) is 49.5 Å². The number of rotatable bonds is 7. The summed E-state index contributed by atoms with van der Waals surface area (Å²) in [5.41, 5.74) is 0.753. The number of benzene rings is 2. The number of halogens is 3. The van der Waals surface area contributed by atoms with Crippen molar-refractivity contribution in [3.8, 4) is 29.6 Å². The zero-order valence-corrected chi connectivity index (χ0v) is 28.7. The number of anilines is 1. The van der Waals surface area contributed by atoms with Gasteiger partial charge in [0.2, 0.25) is 0 Å². The van der Waals surface area contributed by atoms with Gasteiger partial charge in [0.1, 0.15) is 34.8 Å². The third-order valence-corrected chi connectivity index (χ3v) is 11.0. The molecule has 0 aliphatic carbocycles. The van der Waals surface area contributed by atoms with Gasteiger partial charge in [-0.05, 0) is 37.8 Å². The topological polar surface area (TPSA) is 87.6 Å². The van der Waals surface area contributed by atoms with Gasteiger partial charge in [-0.25, -0.2) is 18.2 Å². The maximum absolute atomic E-state index is 16.9. The second-order valence-corrected chi connectivity index (χ2v) is 14.3. The Morgan fingerprint density at radius 2 is 2.00 bits per heavy atom. The van der Waals surface area contributed by atoms with E-state index in [0.717, 1.165) is 30.8 Å². The molecule has 3 aliphatic heterocycles. The number of carbonyl (C=O) groups is 1. The first-order valence-electron chi connectivity index (χ1n) is 16.9. The number of amides is 1. The summed E-state index contributed by atoms with van der Waals surface area (Å²) in [4.78, 5) is 36.6. The quantitative estimate of drug-likeness (QED) is 0.141. The number of thiazole rings is 1. The first kappa shape index (κ1) is 33.1. The number of carbonyl (C=O) groups excluding carboxylic acids is 1. The lowest BCUT2D eigenvalue weighted by Gasteiger charge is -2.40. The zero-order chi connectivity index (χ0) is 35.3. The molecular weight excluding hydrogens is 676 g/mol. The molecule has 5 aromatic rings. The smallest absolute Gasteiger partial charge is 0.319 e. The van der Waals surface area contributed by atoms with Crippen LogP contribution in [-0.2, 0) is 4.79 Å². The van der Waals surface area contributed by atoms with Gasteiger partial charge in [-0.3, -0.25) is 14.7 Å². The SMILES string of the molecule is C#Cc1cccc2cccc(-c3ncc4c(N5CCN(C(=O)C(F)=Cc6nccs6)C[C@@H]5C)nc(OC[C@@]56CCCN5C[C@H](F)C6)nc4c3F)c12. The number of terminal acetylenes is 1. The van der Waals surface area contributed by atoms with Crippen LogP contribution in [0.4, 0.5) is 19.0 Å². The molecule has 6 heterocycles. The maximum Gasteiger partial charge on any atom is 0.319 e. The predicted octanol–water partition coefficient (Wildman–Crippen LogP) is 6.42. The molecule has 3 fully saturated rings. The van der Waals surface area contributed by atoms with E-state index in [2.05, 4.69) is 25.8 Å². The predicted molar refractivity (Wildman–Crippen MR) is 191 cm³/mol. The highest BCUT2D eigenvalue weighted by Crippen LogP contribution is 2.41. The van der Waals surface area contributed by atoms with E-state index in [1.165, 1.54) is 16.2 Å². The number of fused-ring (bicyclic) bond motifs is 3. The van der Waals surface area contributed by atoms with Gasteiger partial charge in [-0.15, -0.1) is 17.8 Å². The molecule has 260 valence electrons. The van der Waals surface area contributed by atoms with Crippen LogP contribution < -0.4 is 9.64 Å². The Kier molecular flexibility index (Phi) is 8.60. The summed E-state index contributed by atoms with van der Waals surface area (Å²) in [5, 5.41) is 4.01. The minimum Gasteiger partial charge on any atom is -0.461 e. The van der Waals surface area contributed by atoms with Gasteiger partial charge in [0, 0.05) is 79.0 Å². The van der Waals surface area contributed by atoms with Crippen molar-refractivity contribution in [2.75, 3.05) is 44.2 Å². The highest BCUT2D eigenvalue weighted by molar-refractivity contribution is 7.10. The molecule has 0 N–H and O–H groups in total. The van der Waals surface area contributed by atoms with E-state index in [4.69, 9.17) is 16.1 Å². The first-order valence-corrected chi connectivity index (χ1v) is 17.8. The number of aromatic nitrogens is 4. The Hall–Kier alpha value is -5.06. The molecule has 13 heteroatoms. The number of pyridine rings is 1. The molecule has 0 unspecified atom stereocenters. The Bertz CT molecular complexity index is 2220. The van der Waals surface area contributed by atoms with Crippen molar-refractivity contribution >= 4 is 50.8 Å². The molecule has 1 amide bonds. The molecule has 3 aliphatic rings. The third kappa shape index (κ3) is 5.96. The molecule has 3 aromatic heterocycles. The summed E-state index contributed by atoms with van der Waals surface area (Å²) in [6.07, 6.45) is 11.2.